The summed E-state index contributed by atoms with van der Waals surface area (Å²) in [6, 6.07) is 7.95. The highest BCUT2D eigenvalue weighted by molar-refractivity contribution is 6.41. The molecule has 3 nitrogen and oxygen atoms in total. The summed E-state index contributed by atoms with van der Waals surface area (Å²) < 4.78 is 6.50. The lowest BCUT2D eigenvalue weighted by Crippen LogP contribution is -2.37. The fourth-order valence-electron chi connectivity index (χ4n) is 4.81. The van der Waals surface area contributed by atoms with Crippen LogP contribution in [0.25, 0.3) is 11.1 Å². The molecule has 2 aromatic rings. The molecule has 0 saturated carbocycles. The first-order valence-corrected chi connectivity index (χ1v) is 11.2. The van der Waals surface area contributed by atoms with Crippen molar-refractivity contribution in [1.29, 1.82) is 0 Å². The van der Waals surface area contributed by atoms with Crippen LogP contribution in [0.1, 0.15) is 37.2 Å². The van der Waals surface area contributed by atoms with Crippen LogP contribution in [-0.4, -0.2) is 32.3 Å². The Hall–Kier alpha value is -1.13. The zero-order chi connectivity index (χ0) is 19.3. The summed E-state index contributed by atoms with van der Waals surface area (Å²) in [5.74, 6) is 1.43. The molecule has 0 amide bonds. The average molecular weight is 438 g/mol. The third-order valence-electron chi connectivity index (χ3n) is 6.18. The third-order valence-corrected chi connectivity index (χ3v) is 6.99. The van der Waals surface area contributed by atoms with Crippen molar-refractivity contribution >= 4 is 40.5 Å². The fourth-order valence-corrected chi connectivity index (χ4v) is 5.84. The van der Waals surface area contributed by atoms with E-state index in [2.05, 4.69) is 22.3 Å². The van der Waals surface area contributed by atoms with Crippen LogP contribution in [0.5, 0.6) is 5.75 Å². The first-order valence-electron chi connectivity index (χ1n) is 10.1. The van der Waals surface area contributed by atoms with E-state index in [1.165, 1.54) is 30.5 Å². The largest absolute Gasteiger partial charge is 0.487 e. The molecule has 1 N–H and O–H groups in total. The van der Waals surface area contributed by atoms with Gasteiger partial charge in [-0.15, -0.1) is 0 Å². The number of anilines is 1. The lowest BCUT2D eigenvalue weighted by atomic mass is 9.88. The number of rotatable bonds is 2. The van der Waals surface area contributed by atoms with Crippen LogP contribution in [-0.2, 0) is 0 Å². The second kappa shape index (κ2) is 7.60. The summed E-state index contributed by atoms with van der Waals surface area (Å²) in [5.41, 5.74) is 4.35. The predicted octanol–water partition coefficient (Wildman–Crippen LogP) is 6.14. The van der Waals surface area contributed by atoms with E-state index < -0.39 is 0 Å². The van der Waals surface area contributed by atoms with Crippen molar-refractivity contribution in [2.75, 3.05) is 31.1 Å². The molecule has 2 aromatic carbocycles. The van der Waals surface area contributed by atoms with Gasteiger partial charge in [0.15, 0.2) is 0 Å². The lowest BCUT2D eigenvalue weighted by molar-refractivity contribution is 0.172. The Labute approximate surface area is 180 Å². The maximum absolute atomic E-state index is 6.57. The number of piperidine rings is 2. The van der Waals surface area contributed by atoms with Gasteiger partial charge in [0.1, 0.15) is 11.9 Å². The molecule has 2 fully saturated rings. The third kappa shape index (κ3) is 3.27. The van der Waals surface area contributed by atoms with Crippen molar-refractivity contribution in [2.24, 2.45) is 0 Å². The van der Waals surface area contributed by atoms with Crippen LogP contribution < -0.4 is 15.0 Å². The Morgan fingerprint density at radius 2 is 1.71 bits per heavy atom. The van der Waals surface area contributed by atoms with Crippen LogP contribution in [0, 0.1) is 0 Å². The fraction of sp³-hybridized carbons (Fsp3) is 0.455. The van der Waals surface area contributed by atoms with Crippen molar-refractivity contribution in [3.05, 3.63) is 44.9 Å². The van der Waals surface area contributed by atoms with Crippen LogP contribution in [0.4, 0.5) is 5.69 Å². The van der Waals surface area contributed by atoms with Crippen molar-refractivity contribution in [3.63, 3.8) is 0 Å². The quantitative estimate of drug-likeness (QED) is 0.610. The Kier molecular flexibility index (Phi) is 5.13. The second-order valence-electron chi connectivity index (χ2n) is 7.96. The summed E-state index contributed by atoms with van der Waals surface area (Å²) in [4.78, 5) is 2.47. The van der Waals surface area contributed by atoms with Crippen LogP contribution in [0.15, 0.2) is 24.3 Å². The van der Waals surface area contributed by atoms with Crippen molar-refractivity contribution in [2.45, 2.75) is 37.7 Å². The molecule has 5 rings (SSSR count). The number of nitrogens with zero attached hydrogens (tertiary/aromatic N) is 1. The van der Waals surface area contributed by atoms with Crippen molar-refractivity contribution < 1.29 is 4.74 Å². The molecule has 2 unspecified atom stereocenters. The van der Waals surface area contributed by atoms with Gasteiger partial charge in [0, 0.05) is 41.7 Å². The van der Waals surface area contributed by atoms with Crippen LogP contribution >= 0.6 is 34.8 Å². The molecule has 3 aliphatic heterocycles. The average Bonchev–Trinajstić information content (AvgIpc) is 3.06. The molecule has 2 saturated heterocycles. The number of hydrogen-bond acceptors (Lipinski definition) is 3. The highest BCUT2D eigenvalue weighted by Crippen LogP contribution is 2.50. The molecule has 0 radical (unpaired) electrons. The Morgan fingerprint density at radius 3 is 2.46 bits per heavy atom. The number of nitrogens with one attached hydrogen (secondary N) is 1. The highest BCUT2D eigenvalue weighted by atomic mass is 35.5. The minimum Gasteiger partial charge on any atom is -0.487 e. The minimum atomic E-state index is 0.256. The van der Waals surface area contributed by atoms with Crippen LogP contribution in [0.3, 0.4) is 0 Å². The molecular formula is C22H23Cl3N2O. The van der Waals surface area contributed by atoms with E-state index in [4.69, 9.17) is 39.5 Å². The van der Waals surface area contributed by atoms with Gasteiger partial charge in [-0.2, -0.15) is 0 Å². The van der Waals surface area contributed by atoms with E-state index in [9.17, 15) is 0 Å². The SMILES string of the molecule is Clc1cc(Cl)c(-c2cc3c(c(N4CCCCC4)c2)OC2CCNCC32)c(Cl)c1. The van der Waals surface area contributed by atoms with Gasteiger partial charge in [-0.3, -0.25) is 0 Å². The number of benzene rings is 2. The Balaban J connectivity index is 1.67. The molecule has 28 heavy (non-hydrogen) atoms. The van der Waals surface area contributed by atoms with E-state index >= 15 is 0 Å². The van der Waals surface area contributed by atoms with Gasteiger partial charge in [-0.05, 0) is 62.1 Å². The first-order chi connectivity index (χ1) is 13.6. The van der Waals surface area contributed by atoms with E-state index in [1.807, 2.05) is 0 Å². The number of ether oxygens (including phenoxy) is 1. The highest BCUT2D eigenvalue weighted by Gasteiger charge is 2.39. The summed E-state index contributed by atoms with van der Waals surface area (Å²) in [6.45, 7) is 4.09. The van der Waals surface area contributed by atoms with E-state index in [0.717, 1.165) is 49.5 Å². The van der Waals surface area contributed by atoms with Crippen molar-refractivity contribution in [3.8, 4) is 16.9 Å². The van der Waals surface area contributed by atoms with Gasteiger partial charge in [-0.1, -0.05) is 34.8 Å². The first kappa shape index (κ1) is 18.9. The minimum absolute atomic E-state index is 0.256. The van der Waals surface area contributed by atoms with Gasteiger partial charge in [-0.25, -0.2) is 0 Å². The zero-order valence-electron chi connectivity index (χ0n) is 15.6. The number of hydrogen-bond donors (Lipinski definition) is 1. The molecule has 2 atom stereocenters. The van der Waals surface area contributed by atoms with E-state index in [1.54, 1.807) is 12.1 Å². The van der Waals surface area contributed by atoms with Gasteiger partial charge >= 0.3 is 0 Å². The monoisotopic (exact) mass is 436 g/mol. The predicted molar refractivity (Wildman–Crippen MR) is 118 cm³/mol. The molecule has 0 bridgehead atoms. The molecule has 0 spiro atoms. The molecular weight excluding hydrogens is 415 g/mol. The standard InChI is InChI=1S/C22H23Cl3N2O/c23-14-10-17(24)21(18(25)11-14)13-8-15-16-12-26-5-4-20(16)28-22(15)19(9-13)27-6-2-1-3-7-27/h8-11,16,20,26H,1-7,12H2. The maximum Gasteiger partial charge on any atom is 0.146 e. The zero-order valence-corrected chi connectivity index (χ0v) is 17.9. The smallest absolute Gasteiger partial charge is 0.146 e. The lowest BCUT2D eigenvalue weighted by Gasteiger charge is -2.30. The molecule has 6 heteroatoms. The second-order valence-corrected chi connectivity index (χ2v) is 9.21. The van der Waals surface area contributed by atoms with Gasteiger partial charge in [0.25, 0.3) is 0 Å². The molecule has 148 valence electrons. The summed E-state index contributed by atoms with van der Waals surface area (Å²) in [5, 5.41) is 5.24. The van der Waals surface area contributed by atoms with E-state index in [-0.39, 0.29) is 6.10 Å². The molecule has 3 heterocycles. The van der Waals surface area contributed by atoms with Gasteiger partial charge in [0.05, 0.1) is 15.7 Å². The molecule has 0 aromatic heterocycles. The molecule has 0 aliphatic carbocycles. The van der Waals surface area contributed by atoms with Gasteiger partial charge in [0.2, 0.25) is 0 Å². The topological polar surface area (TPSA) is 24.5 Å². The Bertz CT molecular complexity index is 888. The van der Waals surface area contributed by atoms with Crippen LogP contribution in [0.2, 0.25) is 15.1 Å². The Morgan fingerprint density at radius 1 is 0.964 bits per heavy atom. The maximum atomic E-state index is 6.57. The normalized spacial score (nSPS) is 23.9. The number of fused-ring (bicyclic) bond motifs is 3. The van der Waals surface area contributed by atoms with Crippen molar-refractivity contribution in [1.82, 2.24) is 5.32 Å². The summed E-state index contributed by atoms with van der Waals surface area (Å²) in [7, 11) is 0. The molecule has 3 aliphatic rings. The van der Waals surface area contributed by atoms with Gasteiger partial charge < -0.3 is 15.0 Å². The number of halogens is 3. The summed E-state index contributed by atoms with van der Waals surface area (Å²) in [6.07, 6.45) is 5.03. The van der Waals surface area contributed by atoms with E-state index in [0.29, 0.717) is 21.0 Å². The summed E-state index contributed by atoms with van der Waals surface area (Å²) >= 11 is 19.3.